The van der Waals surface area contributed by atoms with E-state index in [4.69, 9.17) is 18.9 Å². The van der Waals surface area contributed by atoms with Gasteiger partial charge in [-0.1, -0.05) is 18.2 Å². The third-order valence-corrected chi connectivity index (χ3v) is 4.78. The number of ether oxygens (including phenoxy) is 4. The van der Waals surface area contributed by atoms with Gasteiger partial charge < -0.3 is 18.9 Å². The Hall–Kier alpha value is -3.32. The van der Waals surface area contributed by atoms with Crippen LogP contribution >= 0.6 is 15.9 Å². The lowest BCUT2D eigenvalue weighted by Gasteiger charge is -2.12. The highest BCUT2D eigenvalue weighted by Gasteiger charge is 2.13. The molecule has 3 aromatic carbocycles. The van der Waals surface area contributed by atoms with Gasteiger partial charge in [-0.25, -0.2) is 9.59 Å². The summed E-state index contributed by atoms with van der Waals surface area (Å²) in [5.41, 5.74) is 0.720. The Labute approximate surface area is 195 Å². The van der Waals surface area contributed by atoms with Crippen LogP contribution in [0.4, 0.5) is 0 Å². The average molecular weight is 499 g/mol. The van der Waals surface area contributed by atoms with Crippen LogP contribution in [0.3, 0.4) is 0 Å². The SMILES string of the molecule is CC(C)Oc1ccc(C(=O)Oc2ccc(C(=O)OCCOc3ccccc3)cc2)cc1Br. The van der Waals surface area contributed by atoms with Crippen LogP contribution in [0.25, 0.3) is 0 Å². The number of carbonyl (C=O) groups excluding carboxylic acids is 2. The van der Waals surface area contributed by atoms with E-state index in [-0.39, 0.29) is 19.3 Å². The van der Waals surface area contributed by atoms with Crippen molar-refractivity contribution in [2.75, 3.05) is 13.2 Å². The summed E-state index contributed by atoms with van der Waals surface area (Å²) in [6.07, 6.45) is 0.0192. The molecule has 0 heterocycles. The summed E-state index contributed by atoms with van der Waals surface area (Å²) in [5.74, 6) is 0.675. The molecule has 166 valence electrons. The van der Waals surface area contributed by atoms with Crippen molar-refractivity contribution >= 4 is 27.9 Å². The normalized spacial score (nSPS) is 10.5. The van der Waals surface area contributed by atoms with Gasteiger partial charge in [0.05, 0.1) is 21.7 Å². The first-order valence-electron chi connectivity index (χ1n) is 10.1. The molecular weight excluding hydrogens is 476 g/mol. The zero-order valence-electron chi connectivity index (χ0n) is 17.7. The molecule has 3 aromatic rings. The van der Waals surface area contributed by atoms with Crippen molar-refractivity contribution in [2.24, 2.45) is 0 Å². The summed E-state index contributed by atoms with van der Waals surface area (Å²) in [6, 6.07) is 20.4. The molecule has 0 spiro atoms. The van der Waals surface area contributed by atoms with Crippen LogP contribution in [0.5, 0.6) is 17.2 Å². The Kier molecular flexibility index (Phi) is 8.27. The quantitative estimate of drug-likeness (QED) is 0.214. The molecule has 0 unspecified atom stereocenters. The van der Waals surface area contributed by atoms with Crippen LogP contribution in [0.15, 0.2) is 77.3 Å². The van der Waals surface area contributed by atoms with E-state index >= 15 is 0 Å². The van der Waals surface area contributed by atoms with Crippen LogP contribution in [0, 0.1) is 0 Å². The van der Waals surface area contributed by atoms with E-state index in [1.165, 1.54) is 0 Å². The Morgan fingerprint density at radius 1 is 0.812 bits per heavy atom. The summed E-state index contributed by atoms with van der Waals surface area (Å²) < 4.78 is 22.4. The second-order valence-electron chi connectivity index (χ2n) is 7.02. The molecule has 0 saturated heterocycles. The molecule has 0 amide bonds. The zero-order chi connectivity index (χ0) is 22.9. The van der Waals surface area contributed by atoms with E-state index in [0.717, 1.165) is 0 Å². The van der Waals surface area contributed by atoms with Crippen molar-refractivity contribution < 1.29 is 28.5 Å². The van der Waals surface area contributed by atoms with Gasteiger partial charge in [-0.15, -0.1) is 0 Å². The van der Waals surface area contributed by atoms with Gasteiger partial charge >= 0.3 is 11.9 Å². The van der Waals surface area contributed by atoms with E-state index in [0.29, 0.717) is 32.8 Å². The van der Waals surface area contributed by atoms with Crippen LogP contribution < -0.4 is 14.2 Å². The fraction of sp³-hybridized carbons (Fsp3) is 0.200. The summed E-state index contributed by atoms with van der Waals surface area (Å²) in [7, 11) is 0. The van der Waals surface area contributed by atoms with Gasteiger partial charge in [-0.3, -0.25) is 0 Å². The lowest BCUT2D eigenvalue weighted by molar-refractivity contribution is 0.0450. The maximum absolute atomic E-state index is 12.4. The highest BCUT2D eigenvalue weighted by atomic mass is 79.9. The first-order valence-corrected chi connectivity index (χ1v) is 10.8. The third kappa shape index (κ3) is 6.85. The molecule has 32 heavy (non-hydrogen) atoms. The molecule has 0 bridgehead atoms. The third-order valence-electron chi connectivity index (χ3n) is 4.16. The van der Waals surface area contributed by atoms with E-state index in [1.54, 1.807) is 42.5 Å². The number of carbonyl (C=O) groups is 2. The largest absolute Gasteiger partial charge is 0.490 e. The molecule has 6 nitrogen and oxygen atoms in total. The van der Waals surface area contributed by atoms with Gasteiger partial charge in [0.25, 0.3) is 0 Å². The number of hydrogen-bond acceptors (Lipinski definition) is 6. The molecule has 0 atom stereocenters. The van der Waals surface area contributed by atoms with Crippen molar-refractivity contribution in [3.8, 4) is 17.2 Å². The maximum Gasteiger partial charge on any atom is 0.343 e. The Balaban J connectivity index is 1.50. The van der Waals surface area contributed by atoms with Gasteiger partial charge in [0, 0.05) is 0 Å². The first-order chi connectivity index (χ1) is 15.4. The minimum atomic E-state index is -0.518. The van der Waals surface area contributed by atoms with Crippen LogP contribution in [-0.2, 0) is 4.74 Å². The second-order valence-corrected chi connectivity index (χ2v) is 7.88. The summed E-state index contributed by atoms with van der Waals surface area (Å²) in [6.45, 7) is 4.22. The number of esters is 2. The number of hydrogen-bond donors (Lipinski definition) is 0. The van der Waals surface area contributed by atoms with Crippen molar-refractivity contribution in [1.82, 2.24) is 0 Å². The summed E-state index contributed by atoms with van der Waals surface area (Å²) >= 11 is 3.40. The Morgan fingerprint density at radius 3 is 2.16 bits per heavy atom. The Bertz CT molecular complexity index is 1050. The zero-order valence-corrected chi connectivity index (χ0v) is 19.3. The molecule has 7 heteroatoms. The molecule has 0 N–H and O–H groups in total. The summed E-state index contributed by atoms with van der Waals surface area (Å²) in [4.78, 5) is 24.6. The molecule has 0 aliphatic heterocycles. The standard InChI is InChI=1S/C25H23BrO6/c1-17(2)31-23-13-10-19(16-22(23)26)25(28)32-21-11-8-18(9-12-21)24(27)30-15-14-29-20-6-4-3-5-7-20/h3-13,16-17H,14-15H2,1-2H3. The van der Waals surface area contributed by atoms with Crippen molar-refractivity contribution in [3.05, 3.63) is 88.4 Å². The van der Waals surface area contributed by atoms with Crippen molar-refractivity contribution in [2.45, 2.75) is 20.0 Å². The molecule has 0 saturated carbocycles. The summed E-state index contributed by atoms with van der Waals surface area (Å²) in [5, 5.41) is 0. The Morgan fingerprint density at radius 2 is 1.50 bits per heavy atom. The minimum absolute atomic E-state index is 0.0192. The number of para-hydroxylation sites is 1. The second kappa shape index (κ2) is 11.3. The van der Waals surface area contributed by atoms with Gasteiger partial charge in [0.15, 0.2) is 0 Å². The molecule has 0 aliphatic carbocycles. The monoisotopic (exact) mass is 498 g/mol. The molecule has 0 radical (unpaired) electrons. The van der Waals surface area contributed by atoms with Crippen molar-refractivity contribution in [3.63, 3.8) is 0 Å². The van der Waals surface area contributed by atoms with E-state index in [9.17, 15) is 9.59 Å². The smallest absolute Gasteiger partial charge is 0.343 e. The van der Waals surface area contributed by atoms with Gasteiger partial charge in [-0.05, 0) is 84.4 Å². The highest BCUT2D eigenvalue weighted by Crippen LogP contribution is 2.27. The van der Waals surface area contributed by atoms with Gasteiger partial charge in [0.2, 0.25) is 0 Å². The van der Waals surface area contributed by atoms with Crippen LogP contribution in [0.2, 0.25) is 0 Å². The van der Waals surface area contributed by atoms with Crippen LogP contribution in [-0.4, -0.2) is 31.3 Å². The average Bonchev–Trinajstić information content (AvgIpc) is 2.79. The van der Waals surface area contributed by atoms with E-state index in [2.05, 4.69) is 15.9 Å². The molecular formula is C25H23BrO6. The predicted molar refractivity (Wildman–Crippen MR) is 124 cm³/mol. The number of benzene rings is 3. The first kappa shape index (κ1) is 23.3. The van der Waals surface area contributed by atoms with E-state index in [1.807, 2.05) is 44.2 Å². The van der Waals surface area contributed by atoms with Crippen LogP contribution in [0.1, 0.15) is 34.6 Å². The predicted octanol–water partition coefficient (Wildman–Crippen LogP) is 5.69. The highest BCUT2D eigenvalue weighted by molar-refractivity contribution is 9.10. The van der Waals surface area contributed by atoms with E-state index < -0.39 is 11.9 Å². The minimum Gasteiger partial charge on any atom is -0.490 e. The molecule has 0 fully saturated rings. The fourth-order valence-corrected chi connectivity index (χ4v) is 3.17. The maximum atomic E-state index is 12.4. The molecule has 0 aliphatic rings. The molecule has 0 aromatic heterocycles. The van der Waals surface area contributed by atoms with Gasteiger partial charge in [0.1, 0.15) is 30.5 Å². The molecule has 3 rings (SSSR count). The van der Waals surface area contributed by atoms with Gasteiger partial charge in [-0.2, -0.15) is 0 Å². The fourth-order valence-electron chi connectivity index (χ4n) is 2.70. The van der Waals surface area contributed by atoms with Crippen molar-refractivity contribution in [1.29, 1.82) is 0 Å². The lowest BCUT2D eigenvalue weighted by Crippen LogP contribution is -2.12. The topological polar surface area (TPSA) is 71.1 Å². The number of rotatable bonds is 9. The lowest BCUT2D eigenvalue weighted by atomic mass is 10.2. The number of halogens is 1.